The number of benzene rings is 2. The predicted molar refractivity (Wildman–Crippen MR) is 122 cm³/mol. The number of alkyl halides is 3. The van der Waals surface area contributed by atoms with Crippen LogP contribution in [-0.2, 0) is 10.9 Å². The van der Waals surface area contributed by atoms with Crippen molar-refractivity contribution in [3.63, 3.8) is 0 Å². The van der Waals surface area contributed by atoms with Crippen molar-refractivity contribution in [3.8, 4) is 0 Å². The number of hydrogen-bond donors (Lipinski definition) is 1. The predicted octanol–water partition coefficient (Wildman–Crippen LogP) is 6.13. The van der Waals surface area contributed by atoms with E-state index in [4.69, 9.17) is 4.74 Å². The zero-order chi connectivity index (χ0) is 25.3. The number of carbonyl (C=O) groups excluding carboxylic acids is 2. The highest BCUT2D eigenvalue weighted by molar-refractivity contribution is 9.10. The molecule has 2 aromatic carbocycles. The molecule has 2 amide bonds. The zero-order valence-corrected chi connectivity index (χ0v) is 20.5. The van der Waals surface area contributed by atoms with Gasteiger partial charge in [0, 0.05) is 35.1 Å². The highest BCUT2D eigenvalue weighted by Gasteiger charge is 2.36. The average Bonchev–Trinajstić information content (AvgIpc) is 2.72. The van der Waals surface area contributed by atoms with Gasteiger partial charge in [0.25, 0.3) is 5.91 Å². The number of ether oxygens (including phenoxy) is 1. The van der Waals surface area contributed by atoms with Crippen LogP contribution >= 0.6 is 15.9 Å². The average molecular weight is 545 g/mol. The second-order valence-corrected chi connectivity index (χ2v) is 10.1. The molecular weight excluding hydrogens is 520 g/mol. The lowest BCUT2D eigenvalue weighted by Crippen LogP contribution is -2.52. The summed E-state index contributed by atoms with van der Waals surface area (Å²) in [5.74, 6) is -1.52. The van der Waals surface area contributed by atoms with E-state index >= 15 is 0 Å². The lowest BCUT2D eigenvalue weighted by molar-refractivity contribution is -0.137. The van der Waals surface area contributed by atoms with E-state index in [0.717, 1.165) is 12.1 Å². The van der Waals surface area contributed by atoms with Crippen molar-refractivity contribution in [2.45, 2.75) is 50.9 Å². The molecule has 5 nitrogen and oxygen atoms in total. The maximum Gasteiger partial charge on any atom is 0.416 e. The first-order valence-corrected chi connectivity index (χ1v) is 11.4. The van der Waals surface area contributed by atoms with E-state index in [2.05, 4.69) is 21.2 Å². The van der Waals surface area contributed by atoms with Gasteiger partial charge in [-0.25, -0.2) is 9.18 Å². The molecular formula is C24H25BrF4N2O3. The molecule has 1 heterocycles. The lowest BCUT2D eigenvalue weighted by atomic mass is 9.85. The second kappa shape index (κ2) is 9.93. The first kappa shape index (κ1) is 26.0. The van der Waals surface area contributed by atoms with Crippen molar-refractivity contribution in [3.05, 3.63) is 69.4 Å². The third-order valence-electron chi connectivity index (χ3n) is 5.37. The summed E-state index contributed by atoms with van der Waals surface area (Å²) in [7, 11) is 0. The van der Waals surface area contributed by atoms with Crippen LogP contribution in [0.1, 0.15) is 54.6 Å². The van der Waals surface area contributed by atoms with Crippen LogP contribution in [-0.4, -0.2) is 41.6 Å². The zero-order valence-electron chi connectivity index (χ0n) is 18.9. The molecule has 0 bridgehead atoms. The third-order valence-corrected chi connectivity index (χ3v) is 5.82. The Morgan fingerprint density at radius 1 is 1.09 bits per heavy atom. The van der Waals surface area contributed by atoms with Crippen LogP contribution < -0.4 is 5.32 Å². The Hall–Kier alpha value is -2.62. The van der Waals surface area contributed by atoms with Crippen LogP contribution in [0, 0.1) is 5.82 Å². The summed E-state index contributed by atoms with van der Waals surface area (Å²) in [4.78, 5) is 27.0. The maximum absolute atomic E-state index is 13.5. The Kier molecular flexibility index (Phi) is 7.59. The van der Waals surface area contributed by atoms with Crippen LogP contribution in [0.2, 0.25) is 0 Å². The molecule has 1 aliphatic heterocycles. The number of carbonyl (C=O) groups is 2. The molecule has 184 valence electrons. The molecule has 2 aromatic rings. The topological polar surface area (TPSA) is 58.6 Å². The molecule has 0 spiro atoms. The highest BCUT2D eigenvalue weighted by atomic mass is 79.9. The molecule has 1 fully saturated rings. The van der Waals surface area contributed by atoms with E-state index < -0.39 is 47.1 Å². The molecule has 0 radical (unpaired) electrons. The van der Waals surface area contributed by atoms with Gasteiger partial charge in [0.15, 0.2) is 0 Å². The van der Waals surface area contributed by atoms with Crippen LogP contribution in [0.4, 0.5) is 22.4 Å². The van der Waals surface area contributed by atoms with Crippen molar-refractivity contribution in [1.29, 1.82) is 0 Å². The van der Waals surface area contributed by atoms with Gasteiger partial charge in [0.05, 0.1) is 5.56 Å². The minimum absolute atomic E-state index is 0.127. The Balaban J connectivity index is 1.85. The Morgan fingerprint density at radius 3 is 2.32 bits per heavy atom. The van der Waals surface area contributed by atoms with Crippen LogP contribution in [0.5, 0.6) is 0 Å². The van der Waals surface area contributed by atoms with Crippen LogP contribution in [0.15, 0.2) is 46.9 Å². The number of amides is 2. The van der Waals surface area contributed by atoms with Gasteiger partial charge in [-0.15, -0.1) is 0 Å². The van der Waals surface area contributed by atoms with E-state index in [1.807, 2.05) is 0 Å². The number of halogens is 5. The fraction of sp³-hybridized carbons (Fsp3) is 0.417. The van der Waals surface area contributed by atoms with Crippen molar-refractivity contribution in [1.82, 2.24) is 10.2 Å². The third kappa shape index (κ3) is 6.71. The summed E-state index contributed by atoms with van der Waals surface area (Å²) in [6.45, 7) is 5.73. The molecule has 1 aliphatic rings. The molecule has 3 rings (SSSR count). The fourth-order valence-electron chi connectivity index (χ4n) is 3.80. The van der Waals surface area contributed by atoms with Gasteiger partial charge >= 0.3 is 12.3 Å². The molecule has 2 atom stereocenters. The molecule has 34 heavy (non-hydrogen) atoms. The van der Waals surface area contributed by atoms with Crippen molar-refractivity contribution in [2.75, 3.05) is 13.1 Å². The second-order valence-electron chi connectivity index (χ2n) is 9.18. The van der Waals surface area contributed by atoms with E-state index in [1.54, 1.807) is 32.9 Å². The SMILES string of the molecule is CC(C)(C)OC(=O)N1CC[C@@H](NC(=O)c2cc(Br)cc(C(F)(F)F)c2)[C@H](c2ccc(F)cc2)C1. The van der Waals surface area contributed by atoms with Crippen LogP contribution in [0.25, 0.3) is 0 Å². The quantitative estimate of drug-likeness (QED) is 0.473. The smallest absolute Gasteiger partial charge is 0.416 e. The lowest BCUT2D eigenvalue weighted by Gasteiger charge is -2.39. The minimum Gasteiger partial charge on any atom is -0.444 e. The number of nitrogens with zero attached hydrogens (tertiary/aromatic N) is 1. The molecule has 0 unspecified atom stereocenters. The minimum atomic E-state index is -4.60. The first-order chi connectivity index (χ1) is 15.7. The van der Waals surface area contributed by atoms with Gasteiger partial charge in [-0.1, -0.05) is 28.1 Å². The summed E-state index contributed by atoms with van der Waals surface area (Å²) < 4.78 is 58.6. The molecule has 0 saturated carbocycles. The number of rotatable bonds is 3. The number of piperidine rings is 1. The van der Waals surface area contributed by atoms with E-state index in [1.165, 1.54) is 23.1 Å². The molecule has 1 N–H and O–H groups in total. The Labute approximate surface area is 203 Å². The van der Waals surface area contributed by atoms with Crippen molar-refractivity contribution >= 4 is 27.9 Å². The highest BCUT2D eigenvalue weighted by Crippen LogP contribution is 2.33. The number of nitrogens with one attached hydrogen (secondary N) is 1. The van der Waals surface area contributed by atoms with Gasteiger partial charge < -0.3 is 15.0 Å². The Morgan fingerprint density at radius 2 is 1.74 bits per heavy atom. The van der Waals surface area contributed by atoms with Gasteiger partial charge in [-0.3, -0.25) is 4.79 Å². The van der Waals surface area contributed by atoms with Crippen LogP contribution in [0.3, 0.4) is 0 Å². The van der Waals surface area contributed by atoms with Gasteiger partial charge in [-0.2, -0.15) is 13.2 Å². The first-order valence-electron chi connectivity index (χ1n) is 10.6. The molecule has 1 saturated heterocycles. The van der Waals surface area contributed by atoms with E-state index in [9.17, 15) is 27.2 Å². The van der Waals surface area contributed by atoms with Crippen molar-refractivity contribution in [2.24, 2.45) is 0 Å². The Bertz CT molecular complexity index is 1050. The van der Waals surface area contributed by atoms with E-state index in [0.29, 0.717) is 12.0 Å². The monoisotopic (exact) mass is 544 g/mol. The van der Waals surface area contributed by atoms with E-state index in [-0.39, 0.29) is 23.1 Å². The molecule has 0 aliphatic carbocycles. The normalized spacial score (nSPS) is 19.0. The van der Waals surface area contributed by atoms with Gasteiger partial charge in [0.2, 0.25) is 0 Å². The summed E-state index contributed by atoms with van der Waals surface area (Å²) in [6, 6.07) is 8.21. The summed E-state index contributed by atoms with van der Waals surface area (Å²) in [6.07, 6.45) is -4.77. The summed E-state index contributed by atoms with van der Waals surface area (Å²) >= 11 is 3.03. The summed E-state index contributed by atoms with van der Waals surface area (Å²) in [5.41, 5.74) is -1.09. The van der Waals surface area contributed by atoms with Gasteiger partial charge in [0.1, 0.15) is 11.4 Å². The number of likely N-dealkylation sites (tertiary alicyclic amines) is 1. The maximum atomic E-state index is 13.5. The molecule has 0 aromatic heterocycles. The summed E-state index contributed by atoms with van der Waals surface area (Å²) in [5, 5.41) is 2.81. The molecule has 10 heteroatoms. The fourth-order valence-corrected chi connectivity index (χ4v) is 4.29. The standard InChI is InChI=1S/C24H25BrF4N2O3/c1-23(2,3)34-22(33)31-9-8-20(19(13-31)14-4-6-18(26)7-5-14)30-21(32)15-10-16(24(27,28)29)12-17(25)11-15/h4-7,10-12,19-20H,8-9,13H2,1-3H3,(H,30,32)/t19-,20+/m0/s1. The number of hydrogen-bond acceptors (Lipinski definition) is 3. The largest absolute Gasteiger partial charge is 0.444 e. The van der Waals surface area contributed by atoms with Gasteiger partial charge in [-0.05, 0) is 63.1 Å². The van der Waals surface area contributed by atoms with Crippen molar-refractivity contribution < 1.29 is 31.9 Å².